The van der Waals surface area contributed by atoms with Crippen LogP contribution in [0.4, 0.5) is 0 Å². The number of hydrogen-bond acceptors (Lipinski definition) is 4. The highest BCUT2D eigenvalue weighted by Crippen LogP contribution is 2.21. The zero-order valence-electron chi connectivity index (χ0n) is 7.49. The summed E-state index contributed by atoms with van der Waals surface area (Å²) in [4.78, 5) is 8.77. The van der Waals surface area contributed by atoms with E-state index < -0.39 is 0 Å². The fourth-order valence-corrected chi connectivity index (χ4v) is 2.37. The molecular formula is C9H13N3S. The molecule has 0 atom stereocenters. The Balaban J connectivity index is 2.24. The number of rotatable bonds is 2. The second-order valence-electron chi connectivity index (χ2n) is 3.10. The number of fused-ring (bicyclic) bond motifs is 1. The van der Waals surface area contributed by atoms with Gasteiger partial charge in [0, 0.05) is 18.4 Å². The minimum atomic E-state index is 0.631. The van der Waals surface area contributed by atoms with Crippen LogP contribution in [-0.4, -0.2) is 22.3 Å². The van der Waals surface area contributed by atoms with Crippen molar-refractivity contribution in [2.24, 2.45) is 5.73 Å². The SMILES string of the molecule is NCCc1ncc2c(n1)CSCC2. The van der Waals surface area contributed by atoms with Gasteiger partial charge in [0.1, 0.15) is 5.82 Å². The molecule has 1 aromatic rings. The van der Waals surface area contributed by atoms with Gasteiger partial charge in [-0.15, -0.1) is 0 Å². The van der Waals surface area contributed by atoms with Gasteiger partial charge in [-0.1, -0.05) is 0 Å². The molecule has 1 aliphatic heterocycles. The van der Waals surface area contributed by atoms with Crippen LogP contribution >= 0.6 is 11.8 Å². The molecule has 0 aliphatic carbocycles. The first-order valence-corrected chi connectivity index (χ1v) is 5.67. The van der Waals surface area contributed by atoms with Crippen LogP contribution in [0, 0.1) is 0 Å². The summed E-state index contributed by atoms with van der Waals surface area (Å²) in [6.45, 7) is 0.631. The van der Waals surface area contributed by atoms with Crippen LogP contribution in [0.15, 0.2) is 6.20 Å². The third-order valence-electron chi connectivity index (χ3n) is 2.13. The Bertz CT molecular complexity index is 301. The third-order valence-corrected chi connectivity index (χ3v) is 3.10. The van der Waals surface area contributed by atoms with Crippen LogP contribution in [0.25, 0.3) is 0 Å². The van der Waals surface area contributed by atoms with Crippen molar-refractivity contribution in [3.63, 3.8) is 0 Å². The molecule has 0 amide bonds. The van der Waals surface area contributed by atoms with Gasteiger partial charge < -0.3 is 5.73 Å². The monoisotopic (exact) mass is 195 g/mol. The molecule has 1 aromatic heterocycles. The summed E-state index contributed by atoms with van der Waals surface area (Å²) in [5.74, 6) is 3.13. The molecule has 0 radical (unpaired) electrons. The number of hydrogen-bond donors (Lipinski definition) is 1. The van der Waals surface area contributed by atoms with Crippen LogP contribution in [0.3, 0.4) is 0 Å². The molecule has 13 heavy (non-hydrogen) atoms. The molecule has 1 aliphatic rings. The first-order chi connectivity index (χ1) is 6.40. The molecule has 0 aromatic carbocycles. The maximum atomic E-state index is 5.45. The number of nitrogens with zero attached hydrogens (tertiary/aromatic N) is 2. The minimum Gasteiger partial charge on any atom is -0.330 e. The Morgan fingerprint density at radius 3 is 3.31 bits per heavy atom. The fraction of sp³-hybridized carbons (Fsp3) is 0.556. The zero-order valence-corrected chi connectivity index (χ0v) is 8.31. The molecule has 0 spiro atoms. The predicted molar refractivity (Wildman–Crippen MR) is 54.7 cm³/mol. The van der Waals surface area contributed by atoms with Crippen molar-refractivity contribution in [1.29, 1.82) is 0 Å². The highest BCUT2D eigenvalue weighted by molar-refractivity contribution is 7.98. The molecule has 0 unspecified atom stereocenters. The molecule has 0 fully saturated rings. The average Bonchev–Trinajstić information content (AvgIpc) is 2.18. The van der Waals surface area contributed by atoms with Gasteiger partial charge in [-0.2, -0.15) is 11.8 Å². The van der Waals surface area contributed by atoms with E-state index in [0.29, 0.717) is 6.54 Å². The predicted octanol–water partition coefficient (Wildman–Crippen LogP) is 0.767. The summed E-state index contributed by atoms with van der Waals surface area (Å²) < 4.78 is 0. The lowest BCUT2D eigenvalue weighted by atomic mass is 10.2. The number of aryl methyl sites for hydroxylation is 1. The maximum absolute atomic E-state index is 5.45. The Kier molecular flexibility index (Phi) is 2.80. The molecule has 2 heterocycles. The summed E-state index contributed by atoms with van der Waals surface area (Å²) in [7, 11) is 0. The van der Waals surface area contributed by atoms with Crippen LogP contribution in [0.2, 0.25) is 0 Å². The van der Waals surface area contributed by atoms with E-state index in [2.05, 4.69) is 9.97 Å². The highest BCUT2D eigenvalue weighted by atomic mass is 32.2. The van der Waals surface area contributed by atoms with Gasteiger partial charge in [0.25, 0.3) is 0 Å². The van der Waals surface area contributed by atoms with E-state index in [1.165, 1.54) is 17.0 Å². The average molecular weight is 195 g/mol. The summed E-state index contributed by atoms with van der Waals surface area (Å²) in [6.07, 6.45) is 3.87. The first-order valence-electron chi connectivity index (χ1n) is 4.51. The highest BCUT2D eigenvalue weighted by Gasteiger charge is 2.11. The van der Waals surface area contributed by atoms with E-state index >= 15 is 0 Å². The topological polar surface area (TPSA) is 51.8 Å². The van der Waals surface area contributed by atoms with Gasteiger partial charge in [-0.25, -0.2) is 9.97 Å². The number of nitrogens with two attached hydrogens (primary N) is 1. The Labute approximate surface area is 82.2 Å². The standard InChI is InChI=1S/C9H13N3S/c10-3-1-9-11-5-7-2-4-13-6-8(7)12-9/h5H,1-4,6,10H2. The molecule has 2 rings (SSSR count). The first kappa shape index (κ1) is 8.97. The smallest absolute Gasteiger partial charge is 0.129 e. The third kappa shape index (κ3) is 2.00. The molecule has 4 heteroatoms. The number of aromatic nitrogens is 2. The Hall–Kier alpha value is -0.610. The summed E-state index contributed by atoms with van der Waals surface area (Å²) in [5, 5.41) is 0. The van der Waals surface area contributed by atoms with Gasteiger partial charge in [-0.05, 0) is 24.3 Å². The lowest BCUT2D eigenvalue weighted by molar-refractivity contribution is 0.833. The van der Waals surface area contributed by atoms with E-state index in [-0.39, 0.29) is 0 Å². The van der Waals surface area contributed by atoms with Gasteiger partial charge in [0.15, 0.2) is 0 Å². The van der Waals surface area contributed by atoms with E-state index in [0.717, 1.165) is 24.4 Å². The molecular weight excluding hydrogens is 182 g/mol. The van der Waals surface area contributed by atoms with Gasteiger partial charge >= 0.3 is 0 Å². The molecule has 2 N–H and O–H groups in total. The second-order valence-corrected chi connectivity index (χ2v) is 4.20. The van der Waals surface area contributed by atoms with Crippen LogP contribution in [-0.2, 0) is 18.6 Å². The Morgan fingerprint density at radius 2 is 2.46 bits per heavy atom. The van der Waals surface area contributed by atoms with Crippen molar-refractivity contribution in [2.45, 2.75) is 18.6 Å². The minimum absolute atomic E-state index is 0.631. The van der Waals surface area contributed by atoms with Crippen molar-refractivity contribution >= 4 is 11.8 Å². The van der Waals surface area contributed by atoms with Crippen molar-refractivity contribution in [2.75, 3.05) is 12.3 Å². The Morgan fingerprint density at radius 1 is 1.54 bits per heavy atom. The van der Waals surface area contributed by atoms with Crippen molar-refractivity contribution in [3.05, 3.63) is 23.3 Å². The molecule has 3 nitrogen and oxygen atoms in total. The normalized spacial score (nSPS) is 15.5. The number of thioether (sulfide) groups is 1. The molecule has 0 saturated heterocycles. The van der Waals surface area contributed by atoms with E-state index in [1.54, 1.807) is 0 Å². The van der Waals surface area contributed by atoms with Gasteiger partial charge in [-0.3, -0.25) is 0 Å². The summed E-state index contributed by atoms with van der Waals surface area (Å²) >= 11 is 1.94. The van der Waals surface area contributed by atoms with Gasteiger partial charge in [0.2, 0.25) is 0 Å². The van der Waals surface area contributed by atoms with E-state index in [4.69, 9.17) is 5.73 Å². The maximum Gasteiger partial charge on any atom is 0.129 e. The zero-order chi connectivity index (χ0) is 9.10. The fourth-order valence-electron chi connectivity index (χ4n) is 1.42. The van der Waals surface area contributed by atoms with Crippen LogP contribution in [0.1, 0.15) is 17.1 Å². The van der Waals surface area contributed by atoms with Crippen LogP contribution in [0.5, 0.6) is 0 Å². The summed E-state index contributed by atoms with van der Waals surface area (Å²) in [6, 6.07) is 0. The van der Waals surface area contributed by atoms with Crippen LogP contribution < -0.4 is 5.73 Å². The van der Waals surface area contributed by atoms with Crippen molar-refractivity contribution in [1.82, 2.24) is 9.97 Å². The van der Waals surface area contributed by atoms with Gasteiger partial charge in [0.05, 0.1) is 5.69 Å². The van der Waals surface area contributed by atoms with Crippen molar-refractivity contribution in [3.8, 4) is 0 Å². The van der Waals surface area contributed by atoms with Crippen molar-refractivity contribution < 1.29 is 0 Å². The molecule has 0 bridgehead atoms. The quantitative estimate of drug-likeness (QED) is 0.757. The summed E-state index contributed by atoms with van der Waals surface area (Å²) in [5.41, 5.74) is 7.99. The second kappa shape index (κ2) is 4.07. The lowest BCUT2D eigenvalue weighted by Crippen LogP contribution is -2.11. The largest absolute Gasteiger partial charge is 0.330 e. The molecule has 70 valence electrons. The molecule has 0 saturated carbocycles. The lowest BCUT2D eigenvalue weighted by Gasteiger charge is -2.14. The van der Waals surface area contributed by atoms with E-state index in [9.17, 15) is 0 Å². The van der Waals surface area contributed by atoms with E-state index in [1.807, 2.05) is 18.0 Å².